The predicted octanol–water partition coefficient (Wildman–Crippen LogP) is 7.00. The molecule has 10 atom stereocenters. The molecule has 5 rings (SSSR count). The highest BCUT2D eigenvalue weighted by molar-refractivity contribution is 5.34. The molecule has 0 spiro atoms. The summed E-state index contributed by atoms with van der Waals surface area (Å²) < 4.78 is 0. The van der Waals surface area contributed by atoms with E-state index < -0.39 is 0 Å². The van der Waals surface area contributed by atoms with Crippen molar-refractivity contribution in [2.24, 2.45) is 56.7 Å². The lowest BCUT2D eigenvalue weighted by Gasteiger charge is -2.71. The quantitative estimate of drug-likeness (QED) is 0.429. The van der Waals surface area contributed by atoms with Crippen molar-refractivity contribution in [3.8, 4) is 0 Å². The molecule has 4 saturated carbocycles. The summed E-state index contributed by atoms with van der Waals surface area (Å²) in [5.41, 5.74) is 2.77. The van der Waals surface area contributed by atoms with Crippen LogP contribution in [0.4, 0.5) is 0 Å². The molecular formula is C30H50O2. The third kappa shape index (κ3) is 2.66. The van der Waals surface area contributed by atoms with Gasteiger partial charge in [-0.3, -0.25) is 0 Å². The Morgan fingerprint density at radius 1 is 0.875 bits per heavy atom. The number of aliphatic hydroxyl groups excluding tert-OH is 2. The van der Waals surface area contributed by atoms with Crippen LogP contribution in [-0.4, -0.2) is 22.9 Å². The molecule has 5 aliphatic rings. The fourth-order valence-electron chi connectivity index (χ4n) is 10.9. The van der Waals surface area contributed by atoms with E-state index in [4.69, 9.17) is 0 Å². The summed E-state index contributed by atoms with van der Waals surface area (Å²) in [6, 6.07) is 0. The number of hydrogen-bond donors (Lipinski definition) is 2. The van der Waals surface area contributed by atoms with Gasteiger partial charge in [0, 0.05) is 12.0 Å². The smallest absolute Gasteiger partial charge is 0.0594 e. The van der Waals surface area contributed by atoms with Gasteiger partial charge in [0.05, 0.1) is 6.10 Å². The monoisotopic (exact) mass is 442 g/mol. The molecule has 0 unspecified atom stereocenters. The van der Waals surface area contributed by atoms with Gasteiger partial charge in [-0.05, 0) is 109 Å². The molecule has 2 heteroatoms. The van der Waals surface area contributed by atoms with Crippen LogP contribution >= 0.6 is 0 Å². The molecule has 182 valence electrons. The van der Waals surface area contributed by atoms with Gasteiger partial charge in [-0.15, -0.1) is 0 Å². The van der Waals surface area contributed by atoms with Crippen LogP contribution in [0.3, 0.4) is 0 Å². The van der Waals surface area contributed by atoms with Crippen molar-refractivity contribution in [1.29, 1.82) is 0 Å². The summed E-state index contributed by atoms with van der Waals surface area (Å²) in [7, 11) is 0. The third-order valence-corrected chi connectivity index (χ3v) is 13.5. The van der Waals surface area contributed by atoms with E-state index in [2.05, 4.69) is 54.5 Å². The Bertz CT molecular complexity index is 799. The number of hydrogen-bond acceptors (Lipinski definition) is 2. The summed E-state index contributed by atoms with van der Waals surface area (Å²) >= 11 is 0. The van der Waals surface area contributed by atoms with Crippen LogP contribution in [0.1, 0.15) is 106 Å². The van der Waals surface area contributed by atoms with Gasteiger partial charge < -0.3 is 10.2 Å². The zero-order chi connectivity index (χ0) is 23.3. The van der Waals surface area contributed by atoms with E-state index in [0.29, 0.717) is 41.1 Å². The highest BCUT2D eigenvalue weighted by atomic mass is 16.3. The van der Waals surface area contributed by atoms with Crippen molar-refractivity contribution >= 4 is 0 Å². The van der Waals surface area contributed by atoms with Crippen LogP contribution in [0.5, 0.6) is 0 Å². The van der Waals surface area contributed by atoms with Gasteiger partial charge in [0.15, 0.2) is 0 Å². The Kier molecular flexibility index (Phi) is 5.19. The van der Waals surface area contributed by atoms with Crippen molar-refractivity contribution in [1.82, 2.24) is 0 Å². The Morgan fingerprint density at radius 2 is 1.59 bits per heavy atom. The highest BCUT2D eigenvalue weighted by Gasteiger charge is 2.68. The molecule has 0 bridgehead atoms. The van der Waals surface area contributed by atoms with Gasteiger partial charge in [0.1, 0.15) is 0 Å². The molecule has 2 N–H and O–H groups in total. The number of allylic oxidation sites excluding steroid dienone is 2. The lowest BCUT2D eigenvalue weighted by atomic mass is 9.33. The second-order valence-corrected chi connectivity index (χ2v) is 14.5. The summed E-state index contributed by atoms with van der Waals surface area (Å²) in [6.45, 7) is 17.9. The molecule has 0 aromatic heterocycles. The van der Waals surface area contributed by atoms with Crippen LogP contribution in [0, 0.1) is 56.7 Å². The number of fused-ring (bicyclic) bond motifs is 7. The van der Waals surface area contributed by atoms with Crippen molar-refractivity contribution in [2.75, 3.05) is 6.61 Å². The van der Waals surface area contributed by atoms with E-state index in [-0.39, 0.29) is 22.3 Å². The highest BCUT2D eigenvalue weighted by Crippen LogP contribution is 2.75. The Hall–Kier alpha value is -0.340. The van der Waals surface area contributed by atoms with Crippen molar-refractivity contribution in [3.05, 3.63) is 11.6 Å². The minimum atomic E-state index is -0.153. The van der Waals surface area contributed by atoms with Gasteiger partial charge in [0.2, 0.25) is 0 Å². The van der Waals surface area contributed by atoms with Crippen LogP contribution in [-0.2, 0) is 0 Å². The lowest BCUT2D eigenvalue weighted by Crippen LogP contribution is -2.65. The first-order valence-corrected chi connectivity index (χ1v) is 13.9. The van der Waals surface area contributed by atoms with E-state index in [1.54, 1.807) is 5.57 Å². The standard InChI is InChI=1S/C30H50O2/c1-19-10-15-30(18-31)17-16-28(6)21(25(30)20(19)2)8-9-23-27(5)13-12-24(32)26(3,4)22(27)11-14-29(23,28)7/h8,19-20,22-25,31-32H,9-18H2,1-7H3/t19-,20+,22-,23-,24-,25-,27-,28+,29-,30+/m0/s1. The zero-order valence-corrected chi connectivity index (χ0v) is 22.0. The van der Waals surface area contributed by atoms with Gasteiger partial charge in [0.25, 0.3) is 0 Å². The van der Waals surface area contributed by atoms with Crippen LogP contribution < -0.4 is 0 Å². The van der Waals surface area contributed by atoms with E-state index in [1.807, 2.05) is 0 Å². The predicted molar refractivity (Wildman–Crippen MR) is 132 cm³/mol. The van der Waals surface area contributed by atoms with Crippen LogP contribution in [0.25, 0.3) is 0 Å². The van der Waals surface area contributed by atoms with Gasteiger partial charge in [-0.1, -0.05) is 60.1 Å². The minimum Gasteiger partial charge on any atom is -0.396 e. The normalized spacial score (nSPS) is 56.8. The summed E-state index contributed by atoms with van der Waals surface area (Å²) in [5, 5.41) is 21.6. The lowest BCUT2D eigenvalue weighted by molar-refractivity contribution is -0.205. The molecular weight excluding hydrogens is 392 g/mol. The molecule has 2 nitrogen and oxygen atoms in total. The number of rotatable bonds is 1. The number of aliphatic hydroxyl groups is 2. The van der Waals surface area contributed by atoms with E-state index in [9.17, 15) is 10.2 Å². The van der Waals surface area contributed by atoms with Crippen LogP contribution in [0.2, 0.25) is 0 Å². The van der Waals surface area contributed by atoms with Crippen LogP contribution in [0.15, 0.2) is 11.6 Å². The second kappa shape index (κ2) is 7.09. The molecule has 0 aromatic carbocycles. The molecule has 32 heavy (non-hydrogen) atoms. The van der Waals surface area contributed by atoms with Gasteiger partial charge >= 0.3 is 0 Å². The largest absolute Gasteiger partial charge is 0.396 e. The SMILES string of the molecule is C[C@H]1[C@H]2C3=CC[C@H]4[C@@]5(C)CC[C@H](O)C(C)(C)[C@@H]5CC[C@]4(C)[C@]3(C)CC[C@@]2(CO)CC[C@@H]1C. The van der Waals surface area contributed by atoms with Crippen molar-refractivity contribution in [3.63, 3.8) is 0 Å². The first-order valence-electron chi connectivity index (χ1n) is 13.9. The molecule has 0 amide bonds. The van der Waals surface area contributed by atoms with E-state index >= 15 is 0 Å². The minimum absolute atomic E-state index is 0.0190. The molecule has 0 aliphatic heterocycles. The first kappa shape index (κ1) is 23.4. The fraction of sp³-hybridized carbons (Fsp3) is 0.933. The van der Waals surface area contributed by atoms with Crippen molar-refractivity contribution < 1.29 is 10.2 Å². The Morgan fingerprint density at radius 3 is 2.28 bits per heavy atom. The van der Waals surface area contributed by atoms with Gasteiger partial charge in [-0.2, -0.15) is 0 Å². The topological polar surface area (TPSA) is 40.5 Å². The van der Waals surface area contributed by atoms with E-state index in [1.165, 1.54) is 51.4 Å². The first-order chi connectivity index (χ1) is 14.9. The molecule has 0 saturated heterocycles. The maximum atomic E-state index is 10.9. The summed E-state index contributed by atoms with van der Waals surface area (Å²) in [6.07, 6.45) is 13.4. The maximum Gasteiger partial charge on any atom is 0.0594 e. The summed E-state index contributed by atoms with van der Waals surface area (Å²) in [4.78, 5) is 0. The third-order valence-electron chi connectivity index (χ3n) is 13.5. The second-order valence-electron chi connectivity index (χ2n) is 14.5. The molecule has 5 aliphatic carbocycles. The molecule has 0 aromatic rings. The Balaban J connectivity index is 1.59. The zero-order valence-electron chi connectivity index (χ0n) is 22.0. The average molecular weight is 443 g/mol. The van der Waals surface area contributed by atoms with Gasteiger partial charge in [-0.25, -0.2) is 0 Å². The Labute approximate surface area is 197 Å². The molecule has 0 radical (unpaired) electrons. The average Bonchev–Trinajstić information content (AvgIpc) is 2.74. The van der Waals surface area contributed by atoms with Crippen molar-refractivity contribution in [2.45, 2.75) is 112 Å². The molecule has 4 fully saturated rings. The molecule has 0 heterocycles. The van der Waals surface area contributed by atoms with E-state index in [0.717, 1.165) is 12.3 Å². The summed E-state index contributed by atoms with van der Waals surface area (Å²) in [5.74, 6) is 3.29. The fourth-order valence-corrected chi connectivity index (χ4v) is 10.9. The maximum absolute atomic E-state index is 10.9.